The lowest BCUT2D eigenvalue weighted by atomic mass is 9.93. The first-order chi connectivity index (χ1) is 8.93. The minimum Gasteiger partial charge on any atom is -0.434 e. The Bertz CT molecular complexity index is 538. The van der Waals surface area contributed by atoms with E-state index in [9.17, 15) is 14.0 Å². The third kappa shape index (κ3) is 2.96. The van der Waals surface area contributed by atoms with Crippen LogP contribution in [0.25, 0.3) is 0 Å². The zero-order valence-corrected chi connectivity index (χ0v) is 12.3. The van der Waals surface area contributed by atoms with Gasteiger partial charge >= 0.3 is 6.09 Å². The molecule has 2 amide bonds. The van der Waals surface area contributed by atoms with Crippen molar-refractivity contribution in [2.24, 2.45) is 0 Å². The number of hydrogen-bond acceptors (Lipinski definition) is 3. The Kier molecular flexibility index (Phi) is 3.93. The zero-order valence-electron chi connectivity index (χ0n) is 10.1. The van der Waals surface area contributed by atoms with E-state index in [1.54, 1.807) is 12.1 Å². The quantitative estimate of drug-likeness (QED) is 0.784. The number of amides is 2. The lowest BCUT2D eigenvalue weighted by molar-refractivity contribution is -0.120. The van der Waals surface area contributed by atoms with Crippen LogP contribution in [0, 0.1) is 9.39 Å². The standard InChI is InChI=1S/C12H12FIN2O3/c1-7(17)15-5-12(6-16-11(18)19-12)8-2-3-10(14)9(13)4-8/h2-4H,5-6H2,1H3,(H,15,17)(H,16,18)/t12-/m0/s1. The molecule has 5 nitrogen and oxygen atoms in total. The number of carbonyl (C=O) groups excluding carboxylic acids is 2. The number of alkyl carbamates (subject to hydrolysis) is 1. The summed E-state index contributed by atoms with van der Waals surface area (Å²) in [6.07, 6.45) is -0.579. The van der Waals surface area contributed by atoms with Gasteiger partial charge in [-0.25, -0.2) is 9.18 Å². The van der Waals surface area contributed by atoms with E-state index in [1.165, 1.54) is 13.0 Å². The first-order valence-electron chi connectivity index (χ1n) is 5.60. The first kappa shape index (κ1) is 14.0. The third-order valence-corrected chi connectivity index (χ3v) is 3.75. The molecule has 1 saturated heterocycles. The summed E-state index contributed by atoms with van der Waals surface area (Å²) in [5, 5.41) is 5.13. The van der Waals surface area contributed by atoms with Gasteiger partial charge in [-0.2, -0.15) is 0 Å². The maximum absolute atomic E-state index is 13.6. The zero-order chi connectivity index (χ0) is 14.0. The maximum atomic E-state index is 13.6. The lowest BCUT2D eigenvalue weighted by Gasteiger charge is -2.27. The average molecular weight is 378 g/mol. The van der Waals surface area contributed by atoms with Gasteiger partial charge in [-0.15, -0.1) is 0 Å². The van der Waals surface area contributed by atoms with E-state index < -0.39 is 11.7 Å². The Morgan fingerprint density at radius 1 is 1.63 bits per heavy atom. The number of hydrogen-bond donors (Lipinski definition) is 2. The molecule has 1 aliphatic heterocycles. The maximum Gasteiger partial charge on any atom is 0.408 e. The molecule has 1 aromatic carbocycles. The monoisotopic (exact) mass is 378 g/mol. The Balaban J connectivity index is 2.34. The van der Waals surface area contributed by atoms with E-state index in [0.29, 0.717) is 9.13 Å². The van der Waals surface area contributed by atoms with Gasteiger partial charge in [-0.1, -0.05) is 6.07 Å². The second-order valence-corrected chi connectivity index (χ2v) is 5.44. The molecule has 7 heteroatoms. The summed E-state index contributed by atoms with van der Waals surface area (Å²) in [6, 6.07) is 4.61. The molecule has 0 aliphatic carbocycles. The van der Waals surface area contributed by atoms with Crippen LogP contribution >= 0.6 is 22.6 Å². The van der Waals surface area contributed by atoms with Crippen molar-refractivity contribution in [2.75, 3.05) is 13.1 Å². The molecule has 0 aromatic heterocycles. The number of rotatable bonds is 3. The summed E-state index contributed by atoms with van der Waals surface area (Å²) in [7, 11) is 0. The second kappa shape index (κ2) is 5.32. The van der Waals surface area contributed by atoms with Crippen molar-refractivity contribution in [3.05, 3.63) is 33.1 Å². The molecule has 0 radical (unpaired) electrons. The van der Waals surface area contributed by atoms with Crippen molar-refractivity contribution in [1.29, 1.82) is 0 Å². The van der Waals surface area contributed by atoms with Gasteiger partial charge in [0.2, 0.25) is 5.91 Å². The van der Waals surface area contributed by atoms with Gasteiger partial charge in [0, 0.05) is 16.1 Å². The minimum atomic E-state index is -1.06. The molecule has 0 spiro atoms. The van der Waals surface area contributed by atoms with Gasteiger partial charge in [-0.05, 0) is 34.7 Å². The van der Waals surface area contributed by atoms with Crippen molar-refractivity contribution in [3.8, 4) is 0 Å². The lowest BCUT2D eigenvalue weighted by Crippen LogP contribution is -2.43. The van der Waals surface area contributed by atoms with Crippen molar-refractivity contribution in [2.45, 2.75) is 12.5 Å². The van der Waals surface area contributed by atoms with Crippen molar-refractivity contribution in [3.63, 3.8) is 0 Å². The van der Waals surface area contributed by atoms with Crippen LogP contribution in [-0.4, -0.2) is 25.1 Å². The highest BCUT2D eigenvalue weighted by Crippen LogP contribution is 2.30. The summed E-state index contributed by atoms with van der Waals surface area (Å²) in [5.74, 6) is -0.628. The highest BCUT2D eigenvalue weighted by molar-refractivity contribution is 14.1. The molecule has 2 N–H and O–H groups in total. The normalized spacial score (nSPS) is 21.7. The van der Waals surface area contributed by atoms with E-state index in [2.05, 4.69) is 10.6 Å². The molecule has 1 heterocycles. The molecule has 0 saturated carbocycles. The number of halogens is 2. The molecular weight excluding hydrogens is 366 g/mol. The van der Waals surface area contributed by atoms with Crippen molar-refractivity contribution < 1.29 is 18.7 Å². The van der Waals surface area contributed by atoms with Gasteiger partial charge in [0.1, 0.15) is 5.82 Å². The largest absolute Gasteiger partial charge is 0.434 e. The highest BCUT2D eigenvalue weighted by atomic mass is 127. The SMILES string of the molecule is CC(=O)NC[C@@]1(c2ccc(I)c(F)c2)CNC(=O)O1. The molecule has 102 valence electrons. The summed E-state index contributed by atoms with van der Waals surface area (Å²) in [4.78, 5) is 22.3. The summed E-state index contributed by atoms with van der Waals surface area (Å²) in [5.41, 5.74) is -0.550. The van der Waals surface area contributed by atoms with Gasteiger partial charge in [-0.3, -0.25) is 4.79 Å². The first-order valence-corrected chi connectivity index (χ1v) is 6.68. The Hall–Kier alpha value is -1.38. The van der Waals surface area contributed by atoms with Gasteiger partial charge in [0.25, 0.3) is 0 Å². The van der Waals surface area contributed by atoms with E-state index in [0.717, 1.165) is 0 Å². The average Bonchev–Trinajstić information content (AvgIpc) is 2.73. The Morgan fingerprint density at radius 3 is 2.89 bits per heavy atom. The summed E-state index contributed by atoms with van der Waals surface area (Å²) in [6.45, 7) is 1.65. The van der Waals surface area contributed by atoms with Crippen LogP contribution < -0.4 is 10.6 Å². The summed E-state index contributed by atoms with van der Waals surface area (Å²) < 4.78 is 19.4. The Morgan fingerprint density at radius 2 is 2.37 bits per heavy atom. The fraction of sp³-hybridized carbons (Fsp3) is 0.333. The number of carbonyl (C=O) groups is 2. The fourth-order valence-electron chi connectivity index (χ4n) is 1.87. The van der Waals surface area contributed by atoms with E-state index in [1.807, 2.05) is 22.6 Å². The number of cyclic esters (lactones) is 1. The van der Waals surface area contributed by atoms with Crippen LogP contribution in [0.3, 0.4) is 0 Å². The van der Waals surface area contributed by atoms with Crippen LogP contribution in [0.5, 0.6) is 0 Å². The van der Waals surface area contributed by atoms with Crippen molar-refractivity contribution >= 4 is 34.6 Å². The third-order valence-electron chi connectivity index (χ3n) is 2.87. The van der Waals surface area contributed by atoms with Gasteiger partial charge in [0.15, 0.2) is 5.60 Å². The molecule has 1 fully saturated rings. The van der Waals surface area contributed by atoms with Crippen molar-refractivity contribution in [1.82, 2.24) is 10.6 Å². The predicted octanol–water partition coefficient (Wildman–Crippen LogP) is 1.50. The molecule has 1 atom stereocenters. The second-order valence-electron chi connectivity index (χ2n) is 4.28. The van der Waals surface area contributed by atoms with E-state index >= 15 is 0 Å². The number of ether oxygens (including phenoxy) is 1. The molecule has 1 aliphatic rings. The molecule has 0 bridgehead atoms. The van der Waals surface area contributed by atoms with Crippen LogP contribution in [0.2, 0.25) is 0 Å². The summed E-state index contributed by atoms with van der Waals surface area (Å²) >= 11 is 1.88. The number of benzene rings is 1. The molecule has 19 heavy (non-hydrogen) atoms. The molecular formula is C12H12FIN2O3. The predicted molar refractivity (Wildman–Crippen MR) is 74.0 cm³/mol. The van der Waals surface area contributed by atoms with Crippen LogP contribution in [0.1, 0.15) is 12.5 Å². The van der Waals surface area contributed by atoms with Gasteiger partial charge in [0.05, 0.1) is 13.1 Å². The van der Waals surface area contributed by atoms with Crippen LogP contribution in [-0.2, 0) is 15.1 Å². The topological polar surface area (TPSA) is 67.4 Å². The fourth-order valence-corrected chi connectivity index (χ4v) is 2.21. The smallest absolute Gasteiger partial charge is 0.408 e. The highest BCUT2D eigenvalue weighted by Gasteiger charge is 2.42. The molecule has 1 aromatic rings. The van der Waals surface area contributed by atoms with E-state index in [-0.39, 0.29) is 24.8 Å². The number of nitrogens with one attached hydrogen (secondary N) is 2. The van der Waals surface area contributed by atoms with Crippen LogP contribution in [0.15, 0.2) is 18.2 Å². The minimum absolute atomic E-state index is 0.0983. The van der Waals surface area contributed by atoms with Gasteiger partial charge < -0.3 is 15.4 Å². The van der Waals surface area contributed by atoms with Crippen LogP contribution in [0.4, 0.5) is 9.18 Å². The Labute approximate surface area is 123 Å². The van der Waals surface area contributed by atoms with E-state index in [4.69, 9.17) is 4.74 Å². The molecule has 0 unspecified atom stereocenters. The molecule has 2 rings (SSSR count).